The SMILES string of the molecule is Nc1cn(CC2CCCC2)cc(Br)c1=O. The number of nitrogen functional groups attached to an aromatic ring is 1. The van der Waals surface area contributed by atoms with E-state index in [1.54, 1.807) is 6.20 Å². The van der Waals surface area contributed by atoms with Crippen LogP contribution in [0.4, 0.5) is 5.69 Å². The molecule has 1 saturated carbocycles. The number of pyridine rings is 1. The standard InChI is InChI=1S/C11H15BrN2O/c12-9-6-14(7-10(13)11(9)15)5-8-3-1-2-4-8/h6-8H,1-5,13H2. The summed E-state index contributed by atoms with van der Waals surface area (Å²) in [4.78, 5) is 11.4. The molecular formula is C11H15BrN2O. The number of hydrogen-bond acceptors (Lipinski definition) is 2. The first-order valence-electron chi connectivity index (χ1n) is 5.32. The molecule has 0 atom stereocenters. The van der Waals surface area contributed by atoms with E-state index in [9.17, 15) is 4.79 Å². The minimum Gasteiger partial charge on any atom is -0.394 e. The van der Waals surface area contributed by atoms with E-state index in [0.29, 0.717) is 10.2 Å². The van der Waals surface area contributed by atoms with Gasteiger partial charge in [-0.15, -0.1) is 0 Å². The van der Waals surface area contributed by atoms with E-state index in [0.717, 1.165) is 12.5 Å². The summed E-state index contributed by atoms with van der Waals surface area (Å²) in [6, 6.07) is 0. The molecule has 1 heterocycles. The highest BCUT2D eigenvalue weighted by Gasteiger charge is 2.15. The third-order valence-corrected chi connectivity index (χ3v) is 3.57. The van der Waals surface area contributed by atoms with Crippen LogP contribution < -0.4 is 11.2 Å². The predicted octanol–water partition coefficient (Wildman–Crippen LogP) is 2.38. The van der Waals surface area contributed by atoms with Crippen molar-refractivity contribution in [2.75, 3.05) is 5.73 Å². The third kappa shape index (κ3) is 2.43. The zero-order valence-electron chi connectivity index (χ0n) is 8.58. The molecule has 0 bridgehead atoms. The molecule has 2 rings (SSSR count). The summed E-state index contributed by atoms with van der Waals surface area (Å²) < 4.78 is 2.58. The molecule has 1 aromatic heterocycles. The van der Waals surface area contributed by atoms with Crippen molar-refractivity contribution in [3.63, 3.8) is 0 Å². The van der Waals surface area contributed by atoms with E-state index < -0.39 is 0 Å². The average Bonchev–Trinajstić information content (AvgIpc) is 2.66. The Morgan fingerprint density at radius 3 is 2.67 bits per heavy atom. The van der Waals surface area contributed by atoms with Gasteiger partial charge in [0, 0.05) is 18.9 Å². The van der Waals surface area contributed by atoms with Crippen molar-refractivity contribution in [3.05, 3.63) is 27.1 Å². The van der Waals surface area contributed by atoms with Gasteiger partial charge in [0.2, 0.25) is 5.43 Å². The normalized spacial score (nSPS) is 17.1. The Bertz CT molecular complexity index is 381. The zero-order chi connectivity index (χ0) is 10.8. The highest BCUT2D eigenvalue weighted by Crippen LogP contribution is 2.26. The van der Waals surface area contributed by atoms with Crippen molar-refractivity contribution in [3.8, 4) is 0 Å². The molecule has 0 saturated heterocycles. The van der Waals surface area contributed by atoms with Gasteiger partial charge in [-0.2, -0.15) is 0 Å². The Morgan fingerprint density at radius 1 is 1.40 bits per heavy atom. The topological polar surface area (TPSA) is 48.0 Å². The van der Waals surface area contributed by atoms with Gasteiger partial charge in [-0.3, -0.25) is 4.79 Å². The number of aromatic nitrogens is 1. The maximum absolute atomic E-state index is 11.4. The number of nitrogens with two attached hydrogens (primary N) is 1. The van der Waals surface area contributed by atoms with Crippen LogP contribution in [0.3, 0.4) is 0 Å². The summed E-state index contributed by atoms with van der Waals surface area (Å²) in [7, 11) is 0. The number of rotatable bonds is 2. The van der Waals surface area contributed by atoms with Crippen LogP contribution in [0.15, 0.2) is 21.7 Å². The van der Waals surface area contributed by atoms with Crippen molar-refractivity contribution in [1.82, 2.24) is 4.57 Å². The van der Waals surface area contributed by atoms with Gasteiger partial charge < -0.3 is 10.3 Å². The fourth-order valence-electron chi connectivity index (χ4n) is 2.21. The van der Waals surface area contributed by atoms with Crippen molar-refractivity contribution < 1.29 is 0 Å². The Balaban J connectivity index is 2.18. The summed E-state index contributed by atoms with van der Waals surface area (Å²) in [5.74, 6) is 0.749. The minimum atomic E-state index is -0.113. The lowest BCUT2D eigenvalue weighted by Gasteiger charge is -2.13. The molecule has 1 fully saturated rings. The molecule has 0 spiro atoms. The molecule has 4 heteroatoms. The second-order valence-electron chi connectivity index (χ2n) is 4.24. The van der Waals surface area contributed by atoms with Crippen LogP contribution in [0.5, 0.6) is 0 Å². The molecule has 15 heavy (non-hydrogen) atoms. The van der Waals surface area contributed by atoms with Gasteiger partial charge in [0.15, 0.2) is 0 Å². The Hall–Kier alpha value is -0.770. The molecular weight excluding hydrogens is 256 g/mol. The zero-order valence-corrected chi connectivity index (χ0v) is 10.2. The summed E-state index contributed by atoms with van der Waals surface area (Å²) in [6.07, 6.45) is 8.83. The molecule has 0 aliphatic heterocycles. The number of halogens is 1. The highest BCUT2D eigenvalue weighted by atomic mass is 79.9. The first kappa shape index (κ1) is 10.7. The van der Waals surface area contributed by atoms with E-state index >= 15 is 0 Å². The van der Waals surface area contributed by atoms with E-state index in [4.69, 9.17) is 5.73 Å². The Kier molecular flexibility index (Phi) is 3.14. The summed E-state index contributed by atoms with van der Waals surface area (Å²) in [5, 5.41) is 0. The summed E-state index contributed by atoms with van der Waals surface area (Å²) in [6.45, 7) is 0.975. The second kappa shape index (κ2) is 4.39. The molecule has 1 aliphatic rings. The van der Waals surface area contributed by atoms with Gasteiger partial charge in [-0.05, 0) is 34.7 Å². The van der Waals surface area contributed by atoms with E-state index in [1.165, 1.54) is 25.7 Å². The predicted molar refractivity (Wildman–Crippen MR) is 64.8 cm³/mol. The van der Waals surface area contributed by atoms with Crippen LogP contribution in [-0.4, -0.2) is 4.57 Å². The van der Waals surface area contributed by atoms with Crippen LogP contribution >= 0.6 is 15.9 Å². The maximum Gasteiger partial charge on any atom is 0.218 e. The van der Waals surface area contributed by atoms with Gasteiger partial charge in [0.05, 0.1) is 10.2 Å². The minimum absolute atomic E-state index is 0.113. The fourth-order valence-corrected chi connectivity index (χ4v) is 2.71. The van der Waals surface area contributed by atoms with Gasteiger partial charge in [0.25, 0.3) is 0 Å². The van der Waals surface area contributed by atoms with Gasteiger partial charge in [-0.1, -0.05) is 12.8 Å². The average molecular weight is 271 g/mol. The molecule has 82 valence electrons. The second-order valence-corrected chi connectivity index (χ2v) is 5.09. The Morgan fingerprint density at radius 2 is 2.07 bits per heavy atom. The van der Waals surface area contributed by atoms with Crippen LogP contribution in [0, 0.1) is 5.92 Å². The largest absolute Gasteiger partial charge is 0.394 e. The molecule has 1 aromatic rings. The lowest BCUT2D eigenvalue weighted by atomic mass is 10.1. The van der Waals surface area contributed by atoms with E-state index in [-0.39, 0.29) is 5.43 Å². The number of nitrogens with zero attached hydrogens (tertiary/aromatic N) is 1. The van der Waals surface area contributed by atoms with E-state index in [1.807, 2.05) is 10.8 Å². The molecule has 2 N–H and O–H groups in total. The molecule has 0 amide bonds. The van der Waals surface area contributed by atoms with Crippen molar-refractivity contribution in [1.29, 1.82) is 0 Å². The number of anilines is 1. The highest BCUT2D eigenvalue weighted by molar-refractivity contribution is 9.10. The van der Waals surface area contributed by atoms with Crippen molar-refractivity contribution >= 4 is 21.6 Å². The monoisotopic (exact) mass is 270 g/mol. The molecule has 0 radical (unpaired) electrons. The van der Waals surface area contributed by atoms with Crippen LogP contribution in [0.1, 0.15) is 25.7 Å². The van der Waals surface area contributed by atoms with Gasteiger partial charge >= 0.3 is 0 Å². The third-order valence-electron chi connectivity index (χ3n) is 3.01. The molecule has 0 aromatic carbocycles. The van der Waals surface area contributed by atoms with E-state index in [2.05, 4.69) is 15.9 Å². The maximum atomic E-state index is 11.4. The fraction of sp³-hybridized carbons (Fsp3) is 0.545. The first-order chi connectivity index (χ1) is 7.16. The lowest BCUT2D eigenvalue weighted by molar-refractivity contribution is 0.455. The van der Waals surface area contributed by atoms with Crippen molar-refractivity contribution in [2.45, 2.75) is 32.2 Å². The lowest BCUT2D eigenvalue weighted by Crippen LogP contribution is -2.15. The van der Waals surface area contributed by atoms with Crippen molar-refractivity contribution in [2.24, 2.45) is 5.92 Å². The Labute approximate surface area is 97.4 Å². The summed E-state index contributed by atoms with van der Waals surface area (Å²) in [5.41, 5.74) is 5.84. The number of hydrogen-bond donors (Lipinski definition) is 1. The van der Waals surface area contributed by atoms with Crippen LogP contribution in [0.2, 0.25) is 0 Å². The van der Waals surface area contributed by atoms with Gasteiger partial charge in [-0.25, -0.2) is 0 Å². The molecule has 1 aliphatic carbocycles. The van der Waals surface area contributed by atoms with Crippen LogP contribution in [-0.2, 0) is 6.54 Å². The smallest absolute Gasteiger partial charge is 0.218 e. The first-order valence-corrected chi connectivity index (χ1v) is 6.11. The molecule has 0 unspecified atom stereocenters. The van der Waals surface area contributed by atoms with Crippen LogP contribution in [0.25, 0.3) is 0 Å². The van der Waals surface area contributed by atoms with Gasteiger partial charge in [0.1, 0.15) is 0 Å². The quantitative estimate of drug-likeness (QED) is 0.897. The summed E-state index contributed by atoms with van der Waals surface area (Å²) >= 11 is 3.23. The molecule has 3 nitrogen and oxygen atoms in total.